The first kappa shape index (κ1) is 15.0. The van der Waals surface area contributed by atoms with E-state index in [9.17, 15) is 9.50 Å². The highest BCUT2D eigenvalue weighted by atomic mass is 35.5. The molecule has 0 saturated carbocycles. The Balaban J connectivity index is 2.18. The van der Waals surface area contributed by atoms with Crippen molar-refractivity contribution in [3.8, 4) is 0 Å². The van der Waals surface area contributed by atoms with Gasteiger partial charge in [-0.05, 0) is 36.1 Å². The second kappa shape index (κ2) is 6.87. The zero-order chi connectivity index (χ0) is 14.5. The van der Waals surface area contributed by atoms with Gasteiger partial charge < -0.3 is 5.11 Å². The van der Waals surface area contributed by atoms with Crippen LogP contribution in [0.15, 0.2) is 42.5 Å². The van der Waals surface area contributed by atoms with E-state index < -0.39 is 11.9 Å². The Bertz CT molecular complexity index is 566. The molecule has 1 nitrogen and oxygen atoms in total. The smallest absolute Gasteiger partial charge is 0.130 e. The van der Waals surface area contributed by atoms with Crippen LogP contribution in [-0.4, -0.2) is 5.11 Å². The molecule has 0 radical (unpaired) electrons. The van der Waals surface area contributed by atoms with E-state index in [-0.39, 0.29) is 5.56 Å². The standard InChI is InChI=1S/C17H18ClFO/c1-2-3-4-12-5-7-13(8-6-12)17(20)15-10-9-14(18)11-16(15)19/h5-11,17,20H,2-4H2,1H3. The first-order valence-corrected chi connectivity index (χ1v) is 7.21. The van der Waals surface area contributed by atoms with Gasteiger partial charge in [-0.1, -0.05) is 55.3 Å². The maximum atomic E-state index is 13.8. The molecular weight excluding hydrogens is 275 g/mol. The molecule has 3 heteroatoms. The minimum atomic E-state index is -0.965. The SMILES string of the molecule is CCCCc1ccc(C(O)c2ccc(Cl)cc2F)cc1. The number of aliphatic hydroxyl groups excluding tert-OH is 1. The molecule has 1 atom stereocenters. The van der Waals surface area contributed by atoms with E-state index in [1.54, 1.807) is 6.07 Å². The van der Waals surface area contributed by atoms with Crippen LogP contribution in [0, 0.1) is 5.82 Å². The minimum Gasteiger partial charge on any atom is -0.384 e. The summed E-state index contributed by atoms with van der Waals surface area (Å²) in [4.78, 5) is 0. The van der Waals surface area contributed by atoms with E-state index in [2.05, 4.69) is 6.92 Å². The van der Waals surface area contributed by atoms with Crippen LogP contribution in [0.5, 0.6) is 0 Å². The van der Waals surface area contributed by atoms with Gasteiger partial charge in [0.1, 0.15) is 11.9 Å². The van der Waals surface area contributed by atoms with Crippen molar-refractivity contribution in [3.05, 3.63) is 70.0 Å². The number of halogens is 2. The van der Waals surface area contributed by atoms with Crippen molar-refractivity contribution in [1.82, 2.24) is 0 Å². The Morgan fingerprint density at radius 3 is 2.45 bits per heavy atom. The summed E-state index contributed by atoms with van der Waals surface area (Å²) in [7, 11) is 0. The number of rotatable bonds is 5. The minimum absolute atomic E-state index is 0.246. The van der Waals surface area contributed by atoms with E-state index in [1.807, 2.05) is 24.3 Å². The Labute approximate surface area is 124 Å². The van der Waals surface area contributed by atoms with Crippen LogP contribution in [-0.2, 0) is 6.42 Å². The van der Waals surface area contributed by atoms with Gasteiger partial charge in [0, 0.05) is 10.6 Å². The van der Waals surface area contributed by atoms with Crippen molar-refractivity contribution in [1.29, 1.82) is 0 Å². The fourth-order valence-electron chi connectivity index (χ4n) is 2.15. The summed E-state index contributed by atoms with van der Waals surface area (Å²) in [5.74, 6) is -0.486. The summed E-state index contributed by atoms with van der Waals surface area (Å²) in [5, 5.41) is 10.6. The summed E-state index contributed by atoms with van der Waals surface area (Å²) in [6.07, 6.45) is 2.36. The summed E-state index contributed by atoms with van der Waals surface area (Å²) in [6.45, 7) is 2.15. The van der Waals surface area contributed by atoms with Gasteiger partial charge in [0.15, 0.2) is 0 Å². The first-order chi connectivity index (χ1) is 9.61. The molecule has 106 valence electrons. The second-order valence-electron chi connectivity index (χ2n) is 4.91. The molecule has 0 fully saturated rings. The van der Waals surface area contributed by atoms with Crippen molar-refractivity contribution in [2.75, 3.05) is 0 Å². The molecule has 0 heterocycles. The molecule has 0 saturated heterocycles. The number of hydrogen-bond acceptors (Lipinski definition) is 1. The van der Waals surface area contributed by atoms with Crippen LogP contribution < -0.4 is 0 Å². The van der Waals surface area contributed by atoms with E-state index >= 15 is 0 Å². The molecule has 1 unspecified atom stereocenters. The molecule has 0 aliphatic rings. The highest BCUT2D eigenvalue weighted by Crippen LogP contribution is 2.26. The third-order valence-corrected chi connectivity index (χ3v) is 3.61. The van der Waals surface area contributed by atoms with Gasteiger partial charge >= 0.3 is 0 Å². The van der Waals surface area contributed by atoms with Gasteiger partial charge in [-0.2, -0.15) is 0 Å². The molecule has 0 spiro atoms. The van der Waals surface area contributed by atoms with E-state index in [0.717, 1.165) is 19.3 Å². The normalized spacial score (nSPS) is 12.4. The van der Waals surface area contributed by atoms with Crippen LogP contribution in [0.25, 0.3) is 0 Å². The molecule has 0 aliphatic heterocycles. The van der Waals surface area contributed by atoms with Gasteiger partial charge in [-0.3, -0.25) is 0 Å². The van der Waals surface area contributed by atoms with Crippen LogP contribution in [0.1, 0.15) is 42.6 Å². The third-order valence-electron chi connectivity index (χ3n) is 3.37. The molecule has 2 rings (SSSR count). The van der Waals surface area contributed by atoms with E-state index in [1.165, 1.54) is 17.7 Å². The van der Waals surface area contributed by atoms with Gasteiger partial charge in [-0.15, -0.1) is 0 Å². The lowest BCUT2D eigenvalue weighted by molar-refractivity contribution is 0.215. The maximum absolute atomic E-state index is 13.8. The molecule has 0 amide bonds. The van der Waals surface area contributed by atoms with Crippen LogP contribution in [0.2, 0.25) is 5.02 Å². The molecule has 0 aromatic heterocycles. The predicted molar refractivity (Wildman–Crippen MR) is 80.5 cm³/mol. The Kier molecular flexibility index (Phi) is 5.16. The molecule has 0 bridgehead atoms. The number of unbranched alkanes of at least 4 members (excludes halogenated alkanes) is 1. The number of benzene rings is 2. The highest BCUT2D eigenvalue weighted by Gasteiger charge is 2.15. The van der Waals surface area contributed by atoms with Crippen LogP contribution in [0.3, 0.4) is 0 Å². The fraction of sp³-hybridized carbons (Fsp3) is 0.294. The van der Waals surface area contributed by atoms with Gasteiger partial charge in [-0.25, -0.2) is 4.39 Å². The number of hydrogen-bond donors (Lipinski definition) is 1. The monoisotopic (exact) mass is 292 g/mol. The fourth-order valence-corrected chi connectivity index (χ4v) is 2.31. The van der Waals surface area contributed by atoms with Crippen molar-refractivity contribution in [2.24, 2.45) is 0 Å². The van der Waals surface area contributed by atoms with Gasteiger partial charge in [0.05, 0.1) is 0 Å². The van der Waals surface area contributed by atoms with Crippen molar-refractivity contribution in [3.63, 3.8) is 0 Å². The molecular formula is C17H18ClFO. The molecule has 1 N–H and O–H groups in total. The third kappa shape index (κ3) is 3.59. The topological polar surface area (TPSA) is 20.2 Å². The lowest BCUT2D eigenvalue weighted by atomic mass is 9.99. The largest absolute Gasteiger partial charge is 0.384 e. The zero-order valence-electron chi connectivity index (χ0n) is 11.4. The average molecular weight is 293 g/mol. The van der Waals surface area contributed by atoms with Crippen molar-refractivity contribution in [2.45, 2.75) is 32.3 Å². The van der Waals surface area contributed by atoms with Gasteiger partial charge in [0.25, 0.3) is 0 Å². The zero-order valence-corrected chi connectivity index (χ0v) is 12.2. The predicted octanol–water partition coefficient (Wildman–Crippen LogP) is 4.90. The van der Waals surface area contributed by atoms with Crippen molar-refractivity contribution >= 4 is 11.6 Å². The average Bonchev–Trinajstić information content (AvgIpc) is 2.45. The maximum Gasteiger partial charge on any atom is 0.130 e. The summed E-state index contributed by atoms with van der Waals surface area (Å²) >= 11 is 5.72. The first-order valence-electron chi connectivity index (χ1n) is 6.83. The summed E-state index contributed by atoms with van der Waals surface area (Å²) in [6, 6.07) is 12.0. The second-order valence-corrected chi connectivity index (χ2v) is 5.35. The summed E-state index contributed by atoms with van der Waals surface area (Å²) < 4.78 is 13.8. The lowest BCUT2D eigenvalue weighted by Gasteiger charge is -2.13. The van der Waals surface area contributed by atoms with Crippen LogP contribution in [0.4, 0.5) is 4.39 Å². The molecule has 2 aromatic carbocycles. The molecule has 20 heavy (non-hydrogen) atoms. The quantitative estimate of drug-likeness (QED) is 0.831. The van der Waals surface area contributed by atoms with E-state index in [4.69, 9.17) is 11.6 Å². The Morgan fingerprint density at radius 2 is 1.85 bits per heavy atom. The molecule has 2 aromatic rings. The summed E-state index contributed by atoms with van der Waals surface area (Å²) in [5.41, 5.74) is 2.17. The number of aliphatic hydroxyl groups is 1. The molecule has 0 aliphatic carbocycles. The van der Waals surface area contributed by atoms with Gasteiger partial charge in [0.2, 0.25) is 0 Å². The Morgan fingerprint density at radius 1 is 1.15 bits per heavy atom. The van der Waals surface area contributed by atoms with Crippen molar-refractivity contribution < 1.29 is 9.50 Å². The lowest BCUT2D eigenvalue weighted by Crippen LogP contribution is -2.02. The van der Waals surface area contributed by atoms with Crippen LogP contribution >= 0.6 is 11.6 Å². The van der Waals surface area contributed by atoms with E-state index in [0.29, 0.717) is 10.6 Å². The Hall–Kier alpha value is -1.38. The highest BCUT2D eigenvalue weighted by molar-refractivity contribution is 6.30. The number of aryl methyl sites for hydroxylation is 1.